The molecule has 260 valence electrons. The van der Waals surface area contributed by atoms with Gasteiger partial charge in [0.2, 0.25) is 0 Å². The zero-order valence-corrected chi connectivity index (χ0v) is 30.7. The third-order valence-electron chi connectivity index (χ3n) is 9.97. The molecule has 0 aromatic rings. The molecule has 0 aliphatic carbocycles. The Kier molecular flexibility index (Phi) is 36.3. The van der Waals surface area contributed by atoms with Crippen molar-refractivity contribution in [1.29, 1.82) is 0 Å². The maximum absolute atomic E-state index is 12.8. The van der Waals surface area contributed by atoms with Gasteiger partial charge in [0.05, 0.1) is 20.1 Å². The molecule has 0 aromatic heterocycles. The summed E-state index contributed by atoms with van der Waals surface area (Å²) in [4.78, 5) is 0. The molecular formula is C41H85NO. The number of rotatable bonds is 38. The van der Waals surface area contributed by atoms with Crippen LogP contribution in [0.15, 0.2) is 0 Å². The first-order valence-electron chi connectivity index (χ1n) is 20.7. The molecular weight excluding hydrogens is 522 g/mol. The Bertz CT molecular complexity index is 448. The summed E-state index contributed by atoms with van der Waals surface area (Å²) in [5, 5.41) is 12.8. The fraction of sp³-hybridized carbons (Fsp3) is 1.00. The van der Waals surface area contributed by atoms with E-state index in [2.05, 4.69) is 13.8 Å². The third-order valence-corrected chi connectivity index (χ3v) is 9.97. The lowest BCUT2D eigenvalue weighted by molar-refractivity contribution is -0.861. The van der Waals surface area contributed by atoms with E-state index >= 15 is 0 Å². The van der Waals surface area contributed by atoms with E-state index in [0.29, 0.717) is 0 Å². The maximum Gasteiger partial charge on any atom is 0.0781 e. The van der Waals surface area contributed by atoms with E-state index < -0.39 is 0 Å². The molecule has 0 unspecified atom stereocenters. The van der Waals surface area contributed by atoms with Crippen LogP contribution in [0.4, 0.5) is 0 Å². The van der Waals surface area contributed by atoms with Crippen LogP contribution < -0.4 is 0 Å². The molecule has 0 amide bonds. The molecule has 0 bridgehead atoms. The minimum absolute atomic E-state index is 0.00227. The highest BCUT2D eigenvalue weighted by atomic mass is 16.5. The molecule has 0 radical (unpaired) electrons. The van der Waals surface area contributed by atoms with Gasteiger partial charge in [0.15, 0.2) is 0 Å². The van der Waals surface area contributed by atoms with Gasteiger partial charge in [-0.2, -0.15) is 0 Å². The molecule has 0 aliphatic heterocycles. The highest BCUT2D eigenvalue weighted by molar-refractivity contribution is 4.53. The zero-order valence-electron chi connectivity index (χ0n) is 30.7. The van der Waals surface area contributed by atoms with Gasteiger partial charge in [0, 0.05) is 0 Å². The van der Waals surface area contributed by atoms with Crippen LogP contribution in [0.2, 0.25) is 0 Å². The number of unbranched alkanes of at least 4 members (excludes halogenated alkanes) is 34. The largest absolute Gasteiger partial charge is 0.633 e. The Morgan fingerprint density at radius 3 is 0.558 bits per heavy atom. The molecule has 0 aliphatic rings. The fourth-order valence-electron chi connectivity index (χ4n) is 6.81. The monoisotopic (exact) mass is 608 g/mol. The van der Waals surface area contributed by atoms with Crippen molar-refractivity contribution in [3.05, 3.63) is 5.21 Å². The van der Waals surface area contributed by atoms with Gasteiger partial charge in [-0.15, -0.1) is 0 Å². The first-order valence-corrected chi connectivity index (χ1v) is 20.7. The molecule has 43 heavy (non-hydrogen) atoms. The minimum Gasteiger partial charge on any atom is -0.633 e. The number of hydrogen-bond acceptors (Lipinski definition) is 1. The van der Waals surface area contributed by atoms with Crippen molar-refractivity contribution in [1.82, 2.24) is 0 Å². The highest BCUT2D eigenvalue weighted by Crippen LogP contribution is 2.17. The number of hydrogen-bond donors (Lipinski definition) is 0. The summed E-state index contributed by atoms with van der Waals surface area (Å²) >= 11 is 0. The van der Waals surface area contributed by atoms with E-state index in [1.807, 2.05) is 7.05 Å². The molecule has 0 saturated carbocycles. The normalized spacial score (nSPS) is 12.0. The van der Waals surface area contributed by atoms with Crippen molar-refractivity contribution in [3.8, 4) is 0 Å². The molecule has 0 fully saturated rings. The molecule has 0 rings (SSSR count). The molecule has 0 aromatic carbocycles. The van der Waals surface area contributed by atoms with E-state index in [0.717, 1.165) is 25.9 Å². The molecule has 2 nitrogen and oxygen atoms in total. The van der Waals surface area contributed by atoms with E-state index in [4.69, 9.17) is 0 Å². The van der Waals surface area contributed by atoms with Gasteiger partial charge in [-0.1, -0.05) is 219 Å². The second-order valence-corrected chi connectivity index (χ2v) is 14.8. The van der Waals surface area contributed by atoms with Crippen molar-refractivity contribution in [2.24, 2.45) is 0 Å². The summed E-state index contributed by atoms with van der Waals surface area (Å²) < 4.78 is -0.00227. The average molecular weight is 608 g/mol. The van der Waals surface area contributed by atoms with Crippen molar-refractivity contribution in [2.75, 3.05) is 20.1 Å². The first kappa shape index (κ1) is 42.9. The molecule has 0 heterocycles. The summed E-state index contributed by atoms with van der Waals surface area (Å²) in [6.07, 6.45) is 50.5. The number of hydroxylamine groups is 3. The van der Waals surface area contributed by atoms with Crippen LogP contribution in [-0.2, 0) is 0 Å². The van der Waals surface area contributed by atoms with Crippen molar-refractivity contribution < 1.29 is 4.65 Å². The predicted octanol–water partition coefficient (Wildman–Crippen LogP) is 15.0. The minimum atomic E-state index is -0.00227. The summed E-state index contributed by atoms with van der Waals surface area (Å²) in [6, 6.07) is 0. The summed E-state index contributed by atoms with van der Waals surface area (Å²) in [7, 11) is 1.92. The Balaban J connectivity index is 3.25. The number of quaternary nitrogens is 1. The lowest BCUT2D eigenvalue weighted by Crippen LogP contribution is -2.39. The zero-order chi connectivity index (χ0) is 31.4. The van der Waals surface area contributed by atoms with E-state index in [9.17, 15) is 5.21 Å². The molecule has 0 N–H and O–H groups in total. The van der Waals surface area contributed by atoms with Crippen LogP contribution in [0.3, 0.4) is 0 Å². The van der Waals surface area contributed by atoms with E-state index in [1.165, 1.54) is 218 Å². The van der Waals surface area contributed by atoms with Crippen LogP contribution in [0, 0.1) is 5.21 Å². The Morgan fingerprint density at radius 2 is 0.395 bits per heavy atom. The predicted molar refractivity (Wildman–Crippen MR) is 197 cm³/mol. The van der Waals surface area contributed by atoms with Gasteiger partial charge in [-0.05, 0) is 25.7 Å². The fourth-order valence-corrected chi connectivity index (χ4v) is 6.81. The first-order chi connectivity index (χ1) is 21.1. The van der Waals surface area contributed by atoms with E-state index in [1.54, 1.807) is 0 Å². The quantitative estimate of drug-likeness (QED) is 0.0389. The molecule has 0 spiro atoms. The van der Waals surface area contributed by atoms with Crippen LogP contribution >= 0.6 is 0 Å². The lowest BCUT2D eigenvalue weighted by atomic mass is 10.0. The third kappa shape index (κ3) is 38.0. The van der Waals surface area contributed by atoms with Crippen molar-refractivity contribution in [2.45, 2.75) is 245 Å². The van der Waals surface area contributed by atoms with Crippen LogP contribution in [0.1, 0.15) is 245 Å². The Labute approximate surface area is 274 Å². The summed E-state index contributed by atoms with van der Waals surface area (Å²) in [5.74, 6) is 0. The van der Waals surface area contributed by atoms with Crippen LogP contribution in [-0.4, -0.2) is 24.8 Å². The van der Waals surface area contributed by atoms with Crippen molar-refractivity contribution >= 4 is 0 Å². The second kappa shape index (κ2) is 36.4. The average Bonchev–Trinajstić information content (AvgIpc) is 3.00. The van der Waals surface area contributed by atoms with Crippen LogP contribution in [0.5, 0.6) is 0 Å². The smallest absolute Gasteiger partial charge is 0.0781 e. The standard InChI is InChI=1S/C41H85NO/c1-4-6-8-10-12-14-16-18-20-22-24-26-28-30-32-34-36-38-40-42(3,43)41-39-37-35-33-31-29-27-25-23-21-19-17-15-13-11-9-7-5-2/h4-41H2,1-3H3. The van der Waals surface area contributed by atoms with Crippen molar-refractivity contribution in [3.63, 3.8) is 0 Å². The van der Waals surface area contributed by atoms with Gasteiger partial charge in [0.1, 0.15) is 0 Å². The molecule has 0 saturated heterocycles. The Hall–Kier alpha value is -0.0800. The summed E-state index contributed by atoms with van der Waals surface area (Å²) in [5.41, 5.74) is 0. The Morgan fingerprint density at radius 1 is 0.256 bits per heavy atom. The molecule has 2 heteroatoms. The maximum atomic E-state index is 12.8. The molecule has 0 atom stereocenters. The van der Waals surface area contributed by atoms with Gasteiger partial charge >= 0.3 is 0 Å². The van der Waals surface area contributed by atoms with Gasteiger partial charge < -0.3 is 9.85 Å². The van der Waals surface area contributed by atoms with Gasteiger partial charge in [-0.3, -0.25) is 0 Å². The van der Waals surface area contributed by atoms with E-state index in [-0.39, 0.29) is 4.65 Å². The topological polar surface area (TPSA) is 23.1 Å². The van der Waals surface area contributed by atoms with Gasteiger partial charge in [-0.25, -0.2) is 0 Å². The second-order valence-electron chi connectivity index (χ2n) is 14.8. The number of nitrogens with zero attached hydrogens (tertiary/aromatic N) is 1. The SMILES string of the molecule is CCCCCCCCCCCCCCCCCCCC[N+](C)([O-])CCCCCCCCCCCCCCCCCCCC. The van der Waals surface area contributed by atoms with Crippen LogP contribution in [0.25, 0.3) is 0 Å². The summed E-state index contributed by atoms with van der Waals surface area (Å²) in [6.45, 7) is 6.26. The lowest BCUT2D eigenvalue weighted by Gasteiger charge is -2.39. The highest BCUT2D eigenvalue weighted by Gasteiger charge is 2.09. The van der Waals surface area contributed by atoms with Gasteiger partial charge in [0.25, 0.3) is 0 Å².